The van der Waals surface area contributed by atoms with Crippen LogP contribution < -0.4 is 0 Å². The van der Waals surface area contributed by atoms with Gasteiger partial charge in [-0.15, -0.1) is 0 Å². The van der Waals surface area contributed by atoms with E-state index < -0.39 is 0 Å². The van der Waals surface area contributed by atoms with Crippen LogP contribution in [0.15, 0.2) is 9.05 Å². The van der Waals surface area contributed by atoms with E-state index in [1.165, 1.54) is 0 Å². The lowest BCUT2D eigenvalue weighted by atomic mass is 10.2. The van der Waals surface area contributed by atoms with E-state index in [4.69, 9.17) is 9.05 Å². The number of amides is 1. The van der Waals surface area contributed by atoms with E-state index in [0.717, 1.165) is 43.1 Å². The van der Waals surface area contributed by atoms with Crippen molar-refractivity contribution in [1.29, 1.82) is 0 Å². The highest BCUT2D eigenvalue weighted by Crippen LogP contribution is 2.22. The van der Waals surface area contributed by atoms with Gasteiger partial charge in [0.25, 0.3) is 0 Å². The second-order valence-corrected chi connectivity index (χ2v) is 6.36. The third kappa shape index (κ3) is 3.48. The molecule has 1 aliphatic rings. The molecule has 3 rings (SSSR count). The molecule has 1 fully saturated rings. The second kappa shape index (κ2) is 6.72. The monoisotopic (exact) mass is 333 g/mol. The molecule has 0 aliphatic carbocycles. The van der Waals surface area contributed by atoms with Crippen LogP contribution >= 0.6 is 0 Å². The van der Waals surface area contributed by atoms with Crippen molar-refractivity contribution in [2.45, 2.75) is 53.2 Å². The van der Waals surface area contributed by atoms with Gasteiger partial charge in [-0.25, -0.2) is 0 Å². The van der Waals surface area contributed by atoms with Crippen molar-refractivity contribution in [3.8, 4) is 0 Å². The highest BCUT2D eigenvalue weighted by molar-refractivity contribution is 5.73. The van der Waals surface area contributed by atoms with E-state index in [2.05, 4.69) is 20.2 Å². The molecule has 130 valence electrons. The Bertz CT molecular complexity index is 704. The summed E-state index contributed by atoms with van der Waals surface area (Å²) in [6.07, 6.45) is 0.930. The second-order valence-electron chi connectivity index (χ2n) is 6.36. The maximum Gasteiger partial charge on any atom is 0.223 e. The zero-order valence-corrected chi connectivity index (χ0v) is 14.6. The molecule has 8 heteroatoms. The summed E-state index contributed by atoms with van der Waals surface area (Å²) in [5.41, 5.74) is 2.07. The van der Waals surface area contributed by atoms with E-state index in [1.54, 1.807) is 13.8 Å². The maximum absolute atomic E-state index is 12.1. The molecule has 1 unspecified atom stereocenters. The highest BCUT2D eigenvalue weighted by atomic mass is 16.5. The van der Waals surface area contributed by atoms with Crippen molar-refractivity contribution in [2.24, 2.45) is 0 Å². The molecule has 3 heterocycles. The molecule has 24 heavy (non-hydrogen) atoms. The lowest BCUT2D eigenvalue weighted by molar-refractivity contribution is -0.131. The summed E-state index contributed by atoms with van der Waals surface area (Å²) in [5, 5.41) is 7.90. The van der Waals surface area contributed by atoms with Crippen molar-refractivity contribution in [3.05, 3.63) is 28.7 Å². The fourth-order valence-corrected chi connectivity index (χ4v) is 3.22. The molecule has 0 bridgehead atoms. The Balaban J connectivity index is 1.65. The first-order valence-corrected chi connectivity index (χ1v) is 8.14. The predicted octanol–water partition coefficient (Wildman–Crippen LogP) is 1.61. The molecule has 2 aromatic heterocycles. The lowest BCUT2D eigenvalue weighted by Crippen LogP contribution is -2.40. The molecule has 2 aromatic rings. The van der Waals surface area contributed by atoms with Gasteiger partial charge in [-0.1, -0.05) is 10.3 Å². The summed E-state index contributed by atoms with van der Waals surface area (Å²) in [6.45, 7) is 10.2. The van der Waals surface area contributed by atoms with Gasteiger partial charge in [0, 0.05) is 45.1 Å². The molecule has 1 saturated heterocycles. The number of hydrogen-bond acceptors (Lipinski definition) is 7. The third-order valence-electron chi connectivity index (χ3n) is 4.54. The molecule has 0 spiro atoms. The maximum atomic E-state index is 12.1. The number of carbonyl (C=O) groups is 1. The van der Waals surface area contributed by atoms with Crippen LogP contribution in [0.25, 0.3) is 0 Å². The van der Waals surface area contributed by atoms with Crippen LogP contribution in [0.1, 0.15) is 42.1 Å². The Morgan fingerprint density at radius 2 is 2.08 bits per heavy atom. The van der Waals surface area contributed by atoms with Gasteiger partial charge in [-0.2, -0.15) is 4.98 Å². The first-order valence-electron chi connectivity index (χ1n) is 8.14. The topological polar surface area (TPSA) is 88.5 Å². The van der Waals surface area contributed by atoms with Crippen LogP contribution in [0, 0.1) is 20.8 Å². The standard InChI is InChI=1S/C16H23N5O3/c1-10-15(11(2)23-18-10)8-20-6-5-14(7-20)21(13(4)22)9-16-17-12(3)24-19-16/h14H,5-9H2,1-4H3. The van der Waals surface area contributed by atoms with Crippen molar-refractivity contribution in [2.75, 3.05) is 13.1 Å². The van der Waals surface area contributed by atoms with Crippen molar-refractivity contribution in [3.63, 3.8) is 0 Å². The number of nitrogens with zero attached hydrogens (tertiary/aromatic N) is 5. The predicted molar refractivity (Wildman–Crippen MR) is 84.9 cm³/mol. The molecule has 0 saturated carbocycles. The summed E-state index contributed by atoms with van der Waals surface area (Å²) in [5.74, 6) is 1.95. The van der Waals surface area contributed by atoms with Gasteiger partial charge in [0.05, 0.1) is 12.2 Å². The van der Waals surface area contributed by atoms with Gasteiger partial charge >= 0.3 is 0 Å². The van der Waals surface area contributed by atoms with Gasteiger partial charge < -0.3 is 13.9 Å². The lowest BCUT2D eigenvalue weighted by Gasteiger charge is -2.27. The number of rotatable bonds is 5. The summed E-state index contributed by atoms with van der Waals surface area (Å²) >= 11 is 0. The van der Waals surface area contributed by atoms with E-state index in [1.807, 2.05) is 18.7 Å². The summed E-state index contributed by atoms with van der Waals surface area (Å²) < 4.78 is 10.2. The number of likely N-dealkylation sites (tertiary alicyclic amines) is 1. The minimum atomic E-state index is 0.0293. The summed E-state index contributed by atoms with van der Waals surface area (Å²) in [7, 11) is 0. The fourth-order valence-electron chi connectivity index (χ4n) is 3.22. The molecule has 0 radical (unpaired) electrons. The molecular weight excluding hydrogens is 310 g/mol. The molecule has 1 aliphatic heterocycles. The van der Waals surface area contributed by atoms with Crippen LogP contribution in [0.4, 0.5) is 0 Å². The average Bonchev–Trinajstić information content (AvgIpc) is 3.22. The Morgan fingerprint density at radius 3 is 2.67 bits per heavy atom. The SMILES string of the molecule is CC(=O)N(Cc1noc(C)n1)C1CCN(Cc2c(C)noc2C)C1. The van der Waals surface area contributed by atoms with Gasteiger partial charge in [0.2, 0.25) is 11.8 Å². The van der Waals surface area contributed by atoms with Crippen molar-refractivity contribution >= 4 is 5.91 Å². The average molecular weight is 333 g/mol. The minimum Gasteiger partial charge on any atom is -0.361 e. The zero-order valence-electron chi connectivity index (χ0n) is 14.6. The van der Waals surface area contributed by atoms with Gasteiger partial charge in [-0.05, 0) is 20.3 Å². The van der Waals surface area contributed by atoms with E-state index in [-0.39, 0.29) is 11.9 Å². The van der Waals surface area contributed by atoms with Crippen LogP contribution in [-0.4, -0.2) is 50.1 Å². The normalized spacial score (nSPS) is 18.2. The van der Waals surface area contributed by atoms with Gasteiger partial charge in [0.15, 0.2) is 5.82 Å². The van der Waals surface area contributed by atoms with Crippen LogP contribution in [0.5, 0.6) is 0 Å². The number of carbonyl (C=O) groups excluding carboxylic acids is 1. The fraction of sp³-hybridized carbons (Fsp3) is 0.625. The quantitative estimate of drug-likeness (QED) is 0.821. The van der Waals surface area contributed by atoms with Crippen LogP contribution in [0.3, 0.4) is 0 Å². The minimum absolute atomic E-state index is 0.0293. The number of hydrogen-bond donors (Lipinski definition) is 0. The smallest absolute Gasteiger partial charge is 0.223 e. The number of aryl methyl sites for hydroxylation is 3. The summed E-state index contributed by atoms with van der Waals surface area (Å²) in [6, 6.07) is 0.154. The highest BCUT2D eigenvalue weighted by Gasteiger charge is 2.31. The molecular formula is C16H23N5O3. The number of aromatic nitrogens is 3. The zero-order chi connectivity index (χ0) is 17.3. The van der Waals surface area contributed by atoms with Crippen molar-refractivity contribution < 1.29 is 13.8 Å². The van der Waals surface area contributed by atoms with E-state index in [9.17, 15) is 4.79 Å². The molecule has 0 N–H and O–H groups in total. The molecule has 1 amide bonds. The van der Waals surface area contributed by atoms with Crippen LogP contribution in [0.2, 0.25) is 0 Å². The van der Waals surface area contributed by atoms with Gasteiger partial charge in [0.1, 0.15) is 5.76 Å². The Labute approximate surface area is 140 Å². The Morgan fingerprint density at radius 1 is 1.29 bits per heavy atom. The Kier molecular flexibility index (Phi) is 4.66. The Hall–Kier alpha value is -2.22. The van der Waals surface area contributed by atoms with Crippen LogP contribution in [-0.2, 0) is 17.9 Å². The molecule has 8 nitrogen and oxygen atoms in total. The first kappa shape index (κ1) is 16.6. The molecule has 1 atom stereocenters. The largest absolute Gasteiger partial charge is 0.361 e. The van der Waals surface area contributed by atoms with Gasteiger partial charge in [-0.3, -0.25) is 9.69 Å². The van der Waals surface area contributed by atoms with E-state index >= 15 is 0 Å². The molecule has 0 aromatic carbocycles. The first-order chi connectivity index (χ1) is 11.4. The van der Waals surface area contributed by atoms with E-state index in [0.29, 0.717) is 18.3 Å². The summed E-state index contributed by atoms with van der Waals surface area (Å²) in [4.78, 5) is 20.4. The third-order valence-corrected chi connectivity index (χ3v) is 4.54. The van der Waals surface area contributed by atoms with Crippen molar-refractivity contribution in [1.82, 2.24) is 25.1 Å².